The van der Waals surface area contributed by atoms with Gasteiger partial charge in [-0.2, -0.15) is 0 Å². The van der Waals surface area contributed by atoms with Crippen LogP contribution in [-0.2, 0) is 6.42 Å². The van der Waals surface area contributed by atoms with Crippen molar-refractivity contribution < 1.29 is 4.79 Å². The van der Waals surface area contributed by atoms with E-state index in [9.17, 15) is 4.79 Å². The number of nitrogens with zero attached hydrogens (tertiary/aromatic N) is 3. The summed E-state index contributed by atoms with van der Waals surface area (Å²) in [7, 11) is 0. The molecular weight excluding hydrogens is 296 g/mol. The molecule has 6 heteroatoms. The summed E-state index contributed by atoms with van der Waals surface area (Å²) in [6.07, 6.45) is 7.24. The van der Waals surface area contributed by atoms with E-state index in [2.05, 4.69) is 9.88 Å². The van der Waals surface area contributed by atoms with E-state index in [0.29, 0.717) is 12.2 Å². The molecule has 0 bridgehead atoms. The van der Waals surface area contributed by atoms with E-state index in [4.69, 9.17) is 5.73 Å². The van der Waals surface area contributed by atoms with Gasteiger partial charge in [-0.25, -0.2) is 4.98 Å². The van der Waals surface area contributed by atoms with Gasteiger partial charge in [0.2, 0.25) is 0 Å². The van der Waals surface area contributed by atoms with Crippen LogP contribution in [0.1, 0.15) is 47.6 Å². The van der Waals surface area contributed by atoms with Gasteiger partial charge in [0.25, 0.3) is 5.91 Å². The molecule has 122 valence electrons. The predicted octanol–water partition coefficient (Wildman–Crippen LogP) is 1.73. The predicted molar refractivity (Wildman–Crippen MR) is 89.2 cm³/mol. The Bertz CT molecular complexity index is 498. The summed E-state index contributed by atoms with van der Waals surface area (Å²) in [4.78, 5) is 21.6. The molecule has 1 saturated carbocycles. The zero-order chi connectivity index (χ0) is 15.4. The molecular formula is C16H26N4OS. The molecule has 2 aliphatic rings. The molecule has 2 heterocycles. The first-order valence-electron chi connectivity index (χ1n) is 8.45. The monoisotopic (exact) mass is 322 g/mol. The standard InChI is InChI=1S/C16H26N4OS/c17-7-6-15-18-14(12-22-15)16(21)20-9-3-8-19(10-11-20)13-4-1-2-5-13/h12-13H,1-11,17H2. The van der Waals surface area contributed by atoms with Crippen molar-refractivity contribution in [2.45, 2.75) is 44.6 Å². The fourth-order valence-corrected chi connectivity index (χ4v) is 4.37. The largest absolute Gasteiger partial charge is 0.336 e. The molecule has 1 aromatic heterocycles. The number of thiazole rings is 1. The maximum Gasteiger partial charge on any atom is 0.273 e. The maximum absolute atomic E-state index is 12.6. The van der Waals surface area contributed by atoms with Crippen molar-refractivity contribution >= 4 is 17.2 Å². The van der Waals surface area contributed by atoms with E-state index in [0.717, 1.165) is 50.1 Å². The average Bonchev–Trinajstić information content (AvgIpc) is 3.15. The summed E-state index contributed by atoms with van der Waals surface area (Å²) in [5.74, 6) is 0.0905. The van der Waals surface area contributed by atoms with Crippen molar-refractivity contribution in [1.82, 2.24) is 14.8 Å². The van der Waals surface area contributed by atoms with Gasteiger partial charge >= 0.3 is 0 Å². The third-order valence-electron chi connectivity index (χ3n) is 4.79. The van der Waals surface area contributed by atoms with Crippen LogP contribution in [0.5, 0.6) is 0 Å². The highest BCUT2D eigenvalue weighted by molar-refractivity contribution is 7.09. The fourth-order valence-electron chi connectivity index (χ4n) is 3.58. The summed E-state index contributed by atoms with van der Waals surface area (Å²) < 4.78 is 0. The minimum absolute atomic E-state index is 0.0905. The highest BCUT2D eigenvalue weighted by Gasteiger charge is 2.27. The molecule has 1 aliphatic heterocycles. The smallest absolute Gasteiger partial charge is 0.273 e. The lowest BCUT2D eigenvalue weighted by atomic mass is 10.2. The van der Waals surface area contributed by atoms with Crippen molar-refractivity contribution in [3.8, 4) is 0 Å². The first kappa shape index (κ1) is 15.9. The zero-order valence-electron chi connectivity index (χ0n) is 13.2. The van der Waals surface area contributed by atoms with E-state index in [1.807, 2.05) is 10.3 Å². The molecule has 1 aromatic rings. The van der Waals surface area contributed by atoms with Crippen molar-refractivity contribution in [3.63, 3.8) is 0 Å². The zero-order valence-corrected chi connectivity index (χ0v) is 14.0. The summed E-state index contributed by atoms with van der Waals surface area (Å²) in [6, 6.07) is 0.755. The second-order valence-corrected chi connectivity index (χ2v) is 7.23. The molecule has 3 rings (SSSR count). The van der Waals surface area contributed by atoms with Crippen molar-refractivity contribution in [1.29, 1.82) is 0 Å². The van der Waals surface area contributed by atoms with Gasteiger partial charge in [-0.3, -0.25) is 9.69 Å². The Kier molecular flexibility index (Phi) is 5.44. The van der Waals surface area contributed by atoms with Crippen LogP contribution in [-0.4, -0.2) is 59.5 Å². The number of hydrogen-bond acceptors (Lipinski definition) is 5. The van der Waals surface area contributed by atoms with Crippen LogP contribution < -0.4 is 5.73 Å². The third-order valence-corrected chi connectivity index (χ3v) is 5.70. The Morgan fingerprint density at radius 3 is 2.82 bits per heavy atom. The minimum atomic E-state index is 0.0905. The molecule has 0 atom stereocenters. The molecule has 1 saturated heterocycles. The lowest BCUT2D eigenvalue weighted by Gasteiger charge is -2.27. The molecule has 0 unspecified atom stereocenters. The van der Waals surface area contributed by atoms with Gasteiger partial charge in [0.1, 0.15) is 5.69 Å². The summed E-state index contributed by atoms with van der Waals surface area (Å²) in [5, 5.41) is 2.85. The van der Waals surface area contributed by atoms with Crippen LogP contribution >= 0.6 is 11.3 Å². The highest BCUT2D eigenvalue weighted by atomic mass is 32.1. The molecule has 5 nitrogen and oxygen atoms in total. The minimum Gasteiger partial charge on any atom is -0.336 e. The Balaban J connectivity index is 1.58. The summed E-state index contributed by atoms with van der Waals surface area (Å²) >= 11 is 1.54. The van der Waals surface area contributed by atoms with Gasteiger partial charge < -0.3 is 10.6 Å². The first-order valence-corrected chi connectivity index (χ1v) is 9.33. The molecule has 0 aromatic carbocycles. The van der Waals surface area contributed by atoms with Crippen molar-refractivity contribution in [2.24, 2.45) is 5.73 Å². The molecule has 22 heavy (non-hydrogen) atoms. The van der Waals surface area contributed by atoms with Crippen LogP contribution in [0.2, 0.25) is 0 Å². The quantitative estimate of drug-likeness (QED) is 0.917. The SMILES string of the molecule is NCCc1nc(C(=O)N2CCCN(C3CCCC3)CC2)cs1. The average molecular weight is 322 g/mol. The molecule has 0 spiro atoms. The maximum atomic E-state index is 12.6. The number of amides is 1. The Morgan fingerprint density at radius 2 is 2.05 bits per heavy atom. The molecule has 1 amide bonds. The highest BCUT2D eigenvalue weighted by Crippen LogP contribution is 2.24. The van der Waals surface area contributed by atoms with Crippen molar-refractivity contribution in [3.05, 3.63) is 16.1 Å². The van der Waals surface area contributed by atoms with Crippen LogP contribution in [0.3, 0.4) is 0 Å². The van der Waals surface area contributed by atoms with Gasteiger partial charge in [-0.05, 0) is 25.8 Å². The van der Waals surface area contributed by atoms with E-state index in [1.54, 1.807) is 11.3 Å². The molecule has 2 fully saturated rings. The number of hydrogen-bond donors (Lipinski definition) is 1. The summed E-state index contributed by atoms with van der Waals surface area (Å²) in [5.41, 5.74) is 6.15. The van der Waals surface area contributed by atoms with Crippen molar-refractivity contribution in [2.75, 3.05) is 32.7 Å². The number of carbonyl (C=O) groups excluding carboxylic acids is 1. The third kappa shape index (κ3) is 3.67. The Morgan fingerprint density at radius 1 is 1.23 bits per heavy atom. The van der Waals surface area contributed by atoms with Gasteiger partial charge in [-0.15, -0.1) is 11.3 Å². The Labute approximate surface area is 136 Å². The number of carbonyl (C=O) groups is 1. The van der Waals surface area contributed by atoms with Crippen LogP contribution in [0, 0.1) is 0 Å². The normalized spacial score (nSPS) is 21.2. The van der Waals surface area contributed by atoms with E-state index in [1.165, 1.54) is 25.7 Å². The Hall–Kier alpha value is -0.980. The van der Waals surface area contributed by atoms with Gasteiger partial charge in [0, 0.05) is 44.0 Å². The van der Waals surface area contributed by atoms with E-state index < -0.39 is 0 Å². The fraction of sp³-hybridized carbons (Fsp3) is 0.750. The lowest BCUT2D eigenvalue weighted by molar-refractivity contribution is 0.0753. The second kappa shape index (κ2) is 7.53. The number of aromatic nitrogens is 1. The van der Waals surface area contributed by atoms with E-state index in [-0.39, 0.29) is 5.91 Å². The van der Waals surface area contributed by atoms with Crippen LogP contribution in [0.15, 0.2) is 5.38 Å². The summed E-state index contributed by atoms with van der Waals surface area (Å²) in [6.45, 7) is 4.41. The van der Waals surface area contributed by atoms with Crippen LogP contribution in [0.25, 0.3) is 0 Å². The first-order chi connectivity index (χ1) is 10.8. The van der Waals surface area contributed by atoms with Gasteiger partial charge in [0.15, 0.2) is 0 Å². The van der Waals surface area contributed by atoms with Crippen LogP contribution in [0.4, 0.5) is 0 Å². The van der Waals surface area contributed by atoms with E-state index >= 15 is 0 Å². The van der Waals surface area contributed by atoms with Gasteiger partial charge in [-0.1, -0.05) is 12.8 Å². The lowest BCUT2D eigenvalue weighted by Crippen LogP contribution is -2.38. The molecule has 0 radical (unpaired) electrons. The number of nitrogens with two attached hydrogens (primary N) is 1. The molecule has 2 N–H and O–H groups in total. The second-order valence-electron chi connectivity index (χ2n) is 6.29. The topological polar surface area (TPSA) is 62.5 Å². The van der Waals surface area contributed by atoms with Gasteiger partial charge in [0.05, 0.1) is 5.01 Å². The number of rotatable bonds is 4. The molecule has 1 aliphatic carbocycles.